The second kappa shape index (κ2) is 8.44. The van der Waals surface area contributed by atoms with Gasteiger partial charge in [-0.25, -0.2) is 4.98 Å². The van der Waals surface area contributed by atoms with E-state index in [1.165, 1.54) is 16.9 Å². The predicted molar refractivity (Wildman–Crippen MR) is 121 cm³/mol. The number of ether oxygens (including phenoxy) is 1. The fourth-order valence-electron chi connectivity index (χ4n) is 5.23. The second-order valence-corrected chi connectivity index (χ2v) is 8.95. The summed E-state index contributed by atoms with van der Waals surface area (Å²) in [6, 6.07) is 13.2. The molecule has 1 N–H and O–H groups in total. The minimum Gasteiger partial charge on any atom is -0.378 e. The van der Waals surface area contributed by atoms with E-state index in [9.17, 15) is 9.59 Å². The Hall–Kier alpha value is -3.10. The molecule has 1 aliphatic carbocycles. The van der Waals surface area contributed by atoms with Gasteiger partial charge in [-0.15, -0.1) is 11.3 Å². The molecule has 8 heteroatoms. The largest absolute Gasteiger partial charge is 0.378 e. The number of thiazole rings is 1. The van der Waals surface area contributed by atoms with Crippen molar-refractivity contribution in [2.75, 3.05) is 20.2 Å². The summed E-state index contributed by atoms with van der Waals surface area (Å²) in [6.07, 6.45) is 2.90. The molecule has 0 unspecified atom stereocenters. The van der Waals surface area contributed by atoms with Gasteiger partial charge < -0.3 is 15.0 Å². The van der Waals surface area contributed by atoms with Gasteiger partial charge in [-0.05, 0) is 36.1 Å². The molecular weight excluding hydrogens is 424 g/mol. The number of benzene rings is 1. The van der Waals surface area contributed by atoms with Crippen molar-refractivity contribution in [3.63, 3.8) is 0 Å². The Morgan fingerprint density at radius 1 is 1.09 bits per heavy atom. The monoisotopic (exact) mass is 448 g/mol. The molecule has 1 saturated heterocycles. The molecule has 1 fully saturated rings. The number of pyridine rings is 1. The normalized spacial score (nSPS) is 21.3. The summed E-state index contributed by atoms with van der Waals surface area (Å²) in [5, 5.41) is 4.96. The number of likely N-dealkylation sites (tertiary alicyclic amines) is 1. The predicted octanol–water partition coefficient (Wildman–Crippen LogP) is 3.21. The summed E-state index contributed by atoms with van der Waals surface area (Å²) >= 11 is 1.43. The first-order valence-corrected chi connectivity index (χ1v) is 11.6. The molecule has 0 radical (unpaired) electrons. The first kappa shape index (κ1) is 20.8. The number of hydrogen-bond donors (Lipinski definition) is 1. The van der Waals surface area contributed by atoms with Gasteiger partial charge in [-0.3, -0.25) is 14.6 Å². The quantitative estimate of drug-likeness (QED) is 0.663. The smallest absolute Gasteiger partial charge is 0.273 e. The van der Waals surface area contributed by atoms with E-state index in [0.717, 1.165) is 18.4 Å². The van der Waals surface area contributed by atoms with Gasteiger partial charge in [0.15, 0.2) is 0 Å². The summed E-state index contributed by atoms with van der Waals surface area (Å²) in [7, 11) is 1.70. The molecule has 3 aromatic rings. The molecule has 1 aromatic carbocycles. The first-order valence-electron chi connectivity index (χ1n) is 10.7. The van der Waals surface area contributed by atoms with Crippen LogP contribution in [-0.4, -0.2) is 53.0 Å². The van der Waals surface area contributed by atoms with Crippen molar-refractivity contribution in [1.29, 1.82) is 0 Å². The number of fused-ring (bicyclic) bond motifs is 2. The topological polar surface area (TPSA) is 84.4 Å². The highest BCUT2D eigenvalue weighted by atomic mass is 32.1. The Balaban J connectivity index is 1.42. The number of aromatic nitrogens is 2. The van der Waals surface area contributed by atoms with Crippen LogP contribution >= 0.6 is 11.3 Å². The molecule has 5 rings (SSSR count). The fourth-order valence-corrected chi connectivity index (χ4v) is 5.75. The van der Waals surface area contributed by atoms with Gasteiger partial charge in [0.05, 0.1) is 17.7 Å². The van der Waals surface area contributed by atoms with Crippen molar-refractivity contribution >= 4 is 23.2 Å². The Morgan fingerprint density at radius 2 is 1.88 bits per heavy atom. The van der Waals surface area contributed by atoms with E-state index in [1.54, 1.807) is 42.4 Å². The van der Waals surface area contributed by atoms with Gasteiger partial charge in [-0.2, -0.15) is 0 Å². The van der Waals surface area contributed by atoms with Crippen LogP contribution in [0, 0.1) is 0 Å². The van der Waals surface area contributed by atoms with Crippen LogP contribution in [0.25, 0.3) is 0 Å². The van der Waals surface area contributed by atoms with Gasteiger partial charge in [0.1, 0.15) is 11.4 Å². The van der Waals surface area contributed by atoms with Gasteiger partial charge >= 0.3 is 0 Å². The summed E-state index contributed by atoms with van der Waals surface area (Å²) in [6.45, 7) is 1.23. The lowest BCUT2D eigenvalue weighted by molar-refractivity contribution is -0.00939. The number of methoxy groups -OCH3 is 1. The van der Waals surface area contributed by atoms with Crippen LogP contribution in [0.2, 0.25) is 0 Å². The maximum absolute atomic E-state index is 12.9. The number of hydrogen-bond acceptors (Lipinski definition) is 6. The Bertz CT molecular complexity index is 1110. The first-order chi connectivity index (χ1) is 15.6. The SMILES string of the molecule is CO[C@H]1[C@H](NC(=O)c2ccccn2)c2ccccc2C12CCN(C(=O)c1cscn1)CC2. The minimum absolute atomic E-state index is 0.0265. The number of nitrogens with zero attached hydrogens (tertiary/aromatic N) is 3. The maximum Gasteiger partial charge on any atom is 0.273 e. The molecular formula is C24H24N4O3S. The van der Waals surface area contributed by atoms with Gasteiger partial charge in [0.2, 0.25) is 0 Å². The number of carbonyl (C=O) groups excluding carboxylic acids is 2. The Kier molecular flexibility index (Phi) is 5.48. The highest BCUT2D eigenvalue weighted by Crippen LogP contribution is 2.52. The van der Waals surface area contributed by atoms with Gasteiger partial charge in [-0.1, -0.05) is 30.3 Å². The van der Waals surface area contributed by atoms with Crippen LogP contribution in [0.15, 0.2) is 59.6 Å². The lowest BCUT2D eigenvalue weighted by Gasteiger charge is -2.44. The molecule has 2 atom stereocenters. The van der Waals surface area contributed by atoms with Crippen molar-refractivity contribution in [3.8, 4) is 0 Å². The van der Waals surface area contributed by atoms with Crippen LogP contribution < -0.4 is 5.32 Å². The van der Waals surface area contributed by atoms with Crippen LogP contribution in [0.4, 0.5) is 0 Å². The molecule has 2 amide bonds. The number of piperidine rings is 1. The summed E-state index contributed by atoms with van der Waals surface area (Å²) in [5.74, 6) is -0.248. The fraction of sp³-hybridized carbons (Fsp3) is 0.333. The van der Waals surface area contributed by atoms with E-state index in [1.807, 2.05) is 17.0 Å². The average Bonchev–Trinajstić information content (AvgIpc) is 3.46. The van der Waals surface area contributed by atoms with Crippen LogP contribution in [0.5, 0.6) is 0 Å². The minimum atomic E-state index is -0.286. The number of rotatable bonds is 4. The second-order valence-electron chi connectivity index (χ2n) is 8.23. The number of nitrogens with one attached hydrogen (secondary N) is 1. The third-order valence-electron chi connectivity index (χ3n) is 6.71. The zero-order valence-corrected chi connectivity index (χ0v) is 18.5. The summed E-state index contributed by atoms with van der Waals surface area (Å²) in [5.41, 5.74) is 4.56. The molecule has 2 aromatic heterocycles. The Labute approximate surface area is 190 Å². The van der Waals surface area contributed by atoms with Gasteiger partial charge in [0, 0.05) is 37.2 Å². The highest BCUT2D eigenvalue weighted by molar-refractivity contribution is 7.07. The molecule has 3 heterocycles. The van der Waals surface area contributed by atoms with Crippen LogP contribution in [-0.2, 0) is 10.2 Å². The maximum atomic E-state index is 12.9. The van der Waals surface area contributed by atoms with E-state index < -0.39 is 0 Å². The highest BCUT2D eigenvalue weighted by Gasteiger charge is 2.54. The lowest BCUT2D eigenvalue weighted by atomic mass is 9.72. The molecule has 164 valence electrons. The summed E-state index contributed by atoms with van der Waals surface area (Å²) < 4.78 is 6.06. The standard InChI is InChI=1S/C24H24N4O3S/c1-31-21-20(27-22(29)18-8-4-5-11-25-18)16-6-2-3-7-17(16)24(21)9-12-28(13-10-24)23(30)19-14-32-15-26-19/h2-8,11,14-15,20-21H,9-10,12-13H2,1H3,(H,27,29)/t20-,21+/m1/s1. The molecule has 7 nitrogen and oxygen atoms in total. The van der Waals surface area contributed by atoms with E-state index in [0.29, 0.717) is 24.5 Å². The molecule has 2 aliphatic rings. The molecule has 32 heavy (non-hydrogen) atoms. The average molecular weight is 449 g/mol. The lowest BCUT2D eigenvalue weighted by Crippen LogP contribution is -2.51. The van der Waals surface area contributed by atoms with Crippen LogP contribution in [0.3, 0.4) is 0 Å². The van der Waals surface area contributed by atoms with E-state index >= 15 is 0 Å². The number of amides is 2. The summed E-state index contributed by atoms with van der Waals surface area (Å²) in [4.78, 5) is 36.0. The molecule has 1 spiro atoms. The van der Waals surface area contributed by atoms with Crippen molar-refractivity contribution in [2.24, 2.45) is 0 Å². The zero-order chi connectivity index (χ0) is 22.1. The van der Waals surface area contributed by atoms with Gasteiger partial charge in [0.25, 0.3) is 11.8 Å². The van der Waals surface area contributed by atoms with Crippen LogP contribution in [0.1, 0.15) is 51.0 Å². The van der Waals surface area contributed by atoms with E-state index in [4.69, 9.17) is 4.74 Å². The van der Waals surface area contributed by atoms with Crippen molar-refractivity contribution in [3.05, 3.63) is 82.1 Å². The number of carbonyl (C=O) groups is 2. The third-order valence-corrected chi connectivity index (χ3v) is 7.30. The Morgan fingerprint density at radius 3 is 2.56 bits per heavy atom. The molecule has 1 aliphatic heterocycles. The van der Waals surface area contributed by atoms with Crippen molar-refractivity contribution in [2.45, 2.75) is 30.4 Å². The zero-order valence-electron chi connectivity index (χ0n) is 17.7. The third kappa shape index (κ3) is 3.40. The van der Waals surface area contributed by atoms with E-state index in [2.05, 4.69) is 27.4 Å². The van der Waals surface area contributed by atoms with Crippen molar-refractivity contribution < 1.29 is 14.3 Å². The molecule has 0 saturated carbocycles. The molecule has 0 bridgehead atoms. The van der Waals surface area contributed by atoms with Crippen molar-refractivity contribution in [1.82, 2.24) is 20.2 Å². The van der Waals surface area contributed by atoms with E-state index in [-0.39, 0.29) is 29.4 Å².